The number of carboxylic acids is 1. The fourth-order valence-corrected chi connectivity index (χ4v) is 2.99. The summed E-state index contributed by atoms with van der Waals surface area (Å²) in [5.74, 6) is -1.26. The van der Waals surface area contributed by atoms with Gasteiger partial charge in [-0.3, -0.25) is 9.78 Å². The van der Waals surface area contributed by atoms with Crippen molar-refractivity contribution in [2.75, 3.05) is 5.73 Å². The van der Waals surface area contributed by atoms with Crippen LogP contribution < -0.4 is 5.73 Å². The molecule has 0 unspecified atom stereocenters. The van der Waals surface area contributed by atoms with Gasteiger partial charge in [0.2, 0.25) is 5.95 Å². The summed E-state index contributed by atoms with van der Waals surface area (Å²) in [6, 6.07) is 3.74. The number of nitrogen functional groups attached to an aromatic ring is 1. The topological polar surface area (TPSA) is 156 Å². The number of aromatic nitrogens is 7. The van der Waals surface area contributed by atoms with Crippen LogP contribution in [0.2, 0.25) is 0 Å². The van der Waals surface area contributed by atoms with Crippen LogP contribution >= 0.6 is 0 Å². The molecule has 0 aliphatic heterocycles. The van der Waals surface area contributed by atoms with Crippen molar-refractivity contribution in [1.29, 1.82) is 0 Å². The second kappa shape index (κ2) is 8.30. The van der Waals surface area contributed by atoms with Crippen LogP contribution in [0.1, 0.15) is 37.1 Å². The van der Waals surface area contributed by atoms with E-state index in [0.717, 1.165) is 17.5 Å². The van der Waals surface area contributed by atoms with E-state index in [-0.39, 0.29) is 5.95 Å². The van der Waals surface area contributed by atoms with E-state index in [1.165, 1.54) is 0 Å². The Bertz CT molecular complexity index is 865. The van der Waals surface area contributed by atoms with E-state index >= 15 is 0 Å². The fourth-order valence-electron chi connectivity index (χ4n) is 2.99. The molecule has 0 saturated heterocycles. The third-order valence-electron chi connectivity index (χ3n) is 4.34. The van der Waals surface area contributed by atoms with Crippen LogP contribution in [0.25, 0.3) is 11.3 Å². The molecule has 4 N–H and O–H groups in total. The Morgan fingerprint density at radius 3 is 2.56 bits per heavy atom. The summed E-state index contributed by atoms with van der Waals surface area (Å²) in [6.45, 7) is 1.95. The lowest BCUT2D eigenvalue weighted by Gasteiger charge is -2.20. The van der Waals surface area contributed by atoms with Crippen LogP contribution in [0.3, 0.4) is 0 Å². The molecule has 0 aliphatic carbocycles. The Labute approximate surface area is 155 Å². The average molecular weight is 368 g/mol. The lowest BCUT2D eigenvalue weighted by atomic mass is 9.83. The molecule has 140 valence electrons. The van der Waals surface area contributed by atoms with Crippen LogP contribution in [0.4, 0.5) is 5.95 Å². The van der Waals surface area contributed by atoms with Crippen LogP contribution in [-0.4, -0.2) is 46.7 Å². The Morgan fingerprint density at radius 1 is 1.22 bits per heavy atom. The van der Waals surface area contributed by atoms with Gasteiger partial charge in [0.15, 0.2) is 5.82 Å². The maximum atomic E-state index is 11.8. The van der Waals surface area contributed by atoms with E-state index in [2.05, 4.69) is 35.6 Å². The SMILES string of the molecule is CCC[C@H](C(=O)O)[C@H](Cc1ccc(-c2cnc(N)nc2)nc1)c1nn[nH]n1. The molecule has 0 bridgehead atoms. The smallest absolute Gasteiger partial charge is 0.307 e. The molecule has 0 saturated carbocycles. The third kappa shape index (κ3) is 4.40. The molecule has 0 aromatic carbocycles. The third-order valence-corrected chi connectivity index (χ3v) is 4.34. The first-order valence-corrected chi connectivity index (χ1v) is 8.57. The second-order valence-corrected chi connectivity index (χ2v) is 6.20. The molecule has 27 heavy (non-hydrogen) atoms. The van der Waals surface area contributed by atoms with Gasteiger partial charge in [0, 0.05) is 30.1 Å². The number of H-pyrrole nitrogens is 1. The molecule has 3 rings (SSSR count). The summed E-state index contributed by atoms with van der Waals surface area (Å²) in [4.78, 5) is 24.1. The molecule has 2 atom stereocenters. The van der Waals surface area contributed by atoms with Gasteiger partial charge in [0.1, 0.15) is 0 Å². The Balaban J connectivity index is 1.83. The van der Waals surface area contributed by atoms with Crippen molar-refractivity contribution < 1.29 is 9.90 Å². The number of rotatable bonds is 8. The highest BCUT2D eigenvalue weighted by atomic mass is 16.4. The minimum atomic E-state index is -0.866. The van der Waals surface area contributed by atoms with E-state index in [0.29, 0.717) is 24.4 Å². The second-order valence-electron chi connectivity index (χ2n) is 6.20. The number of anilines is 1. The highest BCUT2D eigenvalue weighted by Crippen LogP contribution is 2.30. The van der Waals surface area contributed by atoms with Crippen molar-refractivity contribution in [1.82, 2.24) is 35.6 Å². The number of nitrogens with one attached hydrogen (secondary N) is 1. The summed E-state index contributed by atoms with van der Waals surface area (Å²) in [6.07, 6.45) is 6.65. The normalized spacial score (nSPS) is 13.2. The molecule has 0 amide bonds. The van der Waals surface area contributed by atoms with E-state index in [4.69, 9.17) is 5.73 Å². The van der Waals surface area contributed by atoms with Gasteiger partial charge in [-0.05, 0) is 24.5 Å². The maximum absolute atomic E-state index is 11.8. The number of nitrogens with two attached hydrogens (primary N) is 1. The lowest BCUT2D eigenvalue weighted by Crippen LogP contribution is -2.25. The molecule has 0 fully saturated rings. The maximum Gasteiger partial charge on any atom is 0.307 e. The van der Waals surface area contributed by atoms with Crippen molar-refractivity contribution in [3.05, 3.63) is 42.1 Å². The first-order valence-electron chi connectivity index (χ1n) is 8.57. The average Bonchev–Trinajstić information content (AvgIpc) is 3.20. The fraction of sp³-hybridized carbons (Fsp3) is 0.353. The molecule has 3 aromatic heterocycles. The zero-order valence-electron chi connectivity index (χ0n) is 14.8. The quantitative estimate of drug-likeness (QED) is 0.535. The minimum absolute atomic E-state index is 0.203. The lowest BCUT2D eigenvalue weighted by molar-refractivity contribution is -0.142. The number of pyridine rings is 1. The predicted molar refractivity (Wildman–Crippen MR) is 96.3 cm³/mol. The Kier molecular flexibility index (Phi) is 5.64. The predicted octanol–water partition coefficient (Wildman–Crippen LogP) is 1.46. The number of tetrazole rings is 1. The van der Waals surface area contributed by atoms with Crippen molar-refractivity contribution in [2.24, 2.45) is 5.92 Å². The van der Waals surface area contributed by atoms with Crippen molar-refractivity contribution >= 4 is 11.9 Å². The number of carboxylic acid groups (broad SMARTS) is 1. The van der Waals surface area contributed by atoms with Crippen molar-refractivity contribution in [2.45, 2.75) is 32.1 Å². The number of nitrogens with zero attached hydrogens (tertiary/aromatic N) is 6. The van der Waals surface area contributed by atoms with Crippen LogP contribution in [0.15, 0.2) is 30.7 Å². The number of aliphatic carboxylic acids is 1. The van der Waals surface area contributed by atoms with Gasteiger partial charge >= 0.3 is 5.97 Å². The largest absolute Gasteiger partial charge is 0.481 e. The van der Waals surface area contributed by atoms with E-state index in [1.54, 1.807) is 18.6 Å². The molecule has 10 nitrogen and oxygen atoms in total. The zero-order valence-corrected chi connectivity index (χ0v) is 14.8. The summed E-state index contributed by atoms with van der Waals surface area (Å²) in [5, 5.41) is 23.6. The van der Waals surface area contributed by atoms with E-state index in [9.17, 15) is 9.90 Å². The Hall–Kier alpha value is -3.43. The molecule has 3 heterocycles. The van der Waals surface area contributed by atoms with Gasteiger partial charge < -0.3 is 10.8 Å². The van der Waals surface area contributed by atoms with Crippen LogP contribution in [0.5, 0.6) is 0 Å². The number of carbonyl (C=O) groups is 1. The van der Waals surface area contributed by atoms with Crippen LogP contribution in [0, 0.1) is 5.92 Å². The van der Waals surface area contributed by atoms with Gasteiger partial charge in [0.05, 0.1) is 11.6 Å². The zero-order chi connectivity index (χ0) is 19.2. The van der Waals surface area contributed by atoms with Gasteiger partial charge in [-0.1, -0.05) is 24.6 Å². The van der Waals surface area contributed by atoms with E-state index < -0.39 is 17.8 Å². The molecule has 0 radical (unpaired) electrons. The van der Waals surface area contributed by atoms with Crippen LogP contribution in [-0.2, 0) is 11.2 Å². The molecule has 0 spiro atoms. The minimum Gasteiger partial charge on any atom is -0.481 e. The number of hydrogen-bond donors (Lipinski definition) is 3. The van der Waals surface area contributed by atoms with Crippen molar-refractivity contribution in [3.8, 4) is 11.3 Å². The van der Waals surface area contributed by atoms with Gasteiger partial charge in [-0.2, -0.15) is 5.21 Å². The molecule has 3 aromatic rings. The molecule has 10 heteroatoms. The highest BCUT2D eigenvalue weighted by molar-refractivity contribution is 5.71. The summed E-state index contributed by atoms with van der Waals surface area (Å²) >= 11 is 0. The molecule has 0 aliphatic rings. The summed E-state index contributed by atoms with van der Waals surface area (Å²) in [5.41, 5.74) is 7.84. The first kappa shape index (κ1) is 18.4. The number of aromatic amines is 1. The summed E-state index contributed by atoms with van der Waals surface area (Å²) < 4.78 is 0. The highest BCUT2D eigenvalue weighted by Gasteiger charge is 2.32. The van der Waals surface area contributed by atoms with E-state index in [1.807, 2.05) is 19.1 Å². The number of hydrogen-bond acceptors (Lipinski definition) is 8. The standard InChI is InChI=1S/C17H20N8O2/c1-2-3-12(16(26)27)13(15-22-24-25-23-15)6-10-4-5-14(19-7-10)11-8-20-17(18)21-9-11/h4-5,7-9,12-13H,2-3,6H2,1H3,(H,26,27)(H2,18,20,21)(H,22,23,24,25)/t12-,13-/m0/s1. The summed E-state index contributed by atoms with van der Waals surface area (Å²) in [7, 11) is 0. The van der Waals surface area contributed by atoms with Gasteiger partial charge in [0.25, 0.3) is 0 Å². The van der Waals surface area contributed by atoms with Gasteiger partial charge in [-0.15, -0.1) is 10.2 Å². The van der Waals surface area contributed by atoms with Gasteiger partial charge in [-0.25, -0.2) is 9.97 Å². The molecular formula is C17H20N8O2. The molecular weight excluding hydrogens is 348 g/mol. The monoisotopic (exact) mass is 368 g/mol. The Morgan fingerprint density at radius 2 is 2.00 bits per heavy atom. The van der Waals surface area contributed by atoms with Crippen molar-refractivity contribution in [3.63, 3.8) is 0 Å². The first-order chi connectivity index (χ1) is 13.1.